The predicted octanol–water partition coefficient (Wildman–Crippen LogP) is 2.12. The molecule has 0 saturated carbocycles. The molecule has 0 aromatic heterocycles. The molecule has 1 aromatic carbocycles. The van der Waals surface area contributed by atoms with Crippen molar-refractivity contribution in [1.29, 1.82) is 0 Å². The average Bonchev–Trinajstić information content (AvgIpc) is 2.88. The van der Waals surface area contributed by atoms with Crippen molar-refractivity contribution in [2.24, 2.45) is 5.16 Å². The van der Waals surface area contributed by atoms with Gasteiger partial charge in [0, 0.05) is 19.6 Å². The lowest BCUT2D eigenvalue weighted by atomic mass is 10.0. The van der Waals surface area contributed by atoms with E-state index in [-0.39, 0.29) is 29.0 Å². The fourth-order valence-electron chi connectivity index (χ4n) is 2.07. The van der Waals surface area contributed by atoms with Crippen molar-refractivity contribution >= 4 is 23.2 Å². The van der Waals surface area contributed by atoms with E-state index in [0.717, 1.165) is 0 Å². The van der Waals surface area contributed by atoms with Gasteiger partial charge in [-0.3, -0.25) is 4.79 Å². The summed E-state index contributed by atoms with van der Waals surface area (Å²) in [4.78, 5) is 17.1. The van der Waals surface area contributed by atoms with Crippen molar-refractivity contribution in [3.8, 4) is 0 Å². The molecule has 1 heterocycles. The molecule has 1 aliphatic rings. The number of nitrogens with zero attached hydrogens (tertiary/aromatic N) is 1. The fourth-order valence-corrected chi connectivity index (χ4v) is 2.34. The van der Waals surface area contributed by atoms with Crippen LogP contribution in [-0.2, 0) is 14.4 Å². The van der Waals surface area contributed by atoms with Gasteiger partial charge in [-0.15, -0.1) is 0 Å². The second kappa shape index (κ2) is 6.87. The van der Waals surface area contributed by atoms with Gasteiger partial charge in [0.15, 0.2) is 0 Å². The maximum Gasteiger partial charge on any atom is 0.264 e. The third-order valence-electron chi connectivity index (χ3n) is 3.02. The normalized spacial score (nSPS) is 18.9. The van der Waals surface area contributed by atoms with E-state index in [1.165, 1.54) is 12.1 Å². The van der Waals surface area contributed by atoms with Gasteiger partial charge in [-0.25, -0.2) is 4.39 Å². The van der Waals surface area contributed by atoms with Gasteiger partial charge in [-0.1, -0.05) is 22.8 Å². The Balaban J connectivity index is 2.01. The first kappa shape index (κ1) is 15.7. The molecule has 114 valence electrons. The summed E-state index contributed by atoms with van der Waals surface area (Å²) >= 11 is 5.97. The van der Waals surface area contributed by atoms with Gasteiger partial charge >= 0.3 is 0 Å². The molecule has 0 aliphatic carbocycles. The largest absolute Gasteiger partial charge is 0.383 e. The summed E-state index contributed by atoms with van der Waals surface area (Å²) < 4.78 is 18.7. The summed E-state index contributed by atoms with van der Waals surface area (Å²) in [6.07, 6.45) is -0.610. The standard InChI is InChI=1S/C14H16ClFN2O3/c1-8(7-20-2)17-14(19)12-6-11(18-21-12)13-9(15)4-3-5-10(13)16/h3-5,8,12H,6-7H2,1-2H3,(H,17,19). The number of ether oxygens (including phenoxy) is 1. The molecule has 2 unspecified atom stereocenters. The molecule has 1 N–H and O–H groups in total. The van der Waals surface area contributed by atoms with Crippen molar-refractivity contribution in [3.63, 3.8) is 0 Å². The predicted molar refractivity (Wildman–Crippen MR) is 76.9 cm³/mol. The number of hydrogen-bond donors (Lipinski definition) is 1. The lowest BCUT2D eigenvalue weighted by molar-refractivity contribution is -0.132. The third kappa shape index (κ3) is 3.71. The van der Waals surface area contributed by atoms with Crippen LogP contribution in [0.15, 0.2) is 23.4 Å². The minimum Gasteiger partial charge on any atom is -0.383 e. The molecule has 0 radical (unpaired) electrons. The zero-order valence-corrected chi connectivity index (χ0v) is 12.5. The van der Waals surface area contributed by atoms with Gasteiger partial charge in [-0.05, 0) is 19.1 Å². The molecule has 0 saturated heterocycles. The van der Waals surface area contributed by atoms with E-state index >= 15 is 0 Å². The molecule has 2 rings (SSSR count). The van der Waals surface area contributed by atoms with Crippen LogP contribution < -0.4 is 5.32 Å². The van der Waals surface area contributed by atoms with Gasteiger partial charge in [0.2, 0.25) is 6.10 Å². The van der Waals surface area contributed by atoms with Crippen LogP contribution in [0.3, 0.4) is 0 Å². The minimum atomic E-state index is -0.782. The topological polar surface area (TPSA) is 59.9 Å². The number of oxime groups is 1. The average molecular weight is 315 g/mol. The number of benzene rings is 1. The molecular formula is C14H16ClFN2O3. The number of carbonyl (C=O) groups excluding carboxylic acids is 1. The van der Waals surface area contributed by atoms with Crippen molar-refractivity contribution < 1.29 is 18.8 Å². The number of hydrogen-bond acceptors (Lipinski definition) is 4. The lowest BCUT2D eigenvalue weighted by Crippen LogP contribution is -2.42. The van der Waals surface area contributed by atoms with E-state index < -0.39 is 11.9 Å². The van der Waals surface area contributed by atoms with Gasteiger partial charge in [0.05, 0.1) is 22.9 Å². The van der Waals surface area contributed by atoms with Crippen LogP contribution in [0.5, 0.6) is 0 Å². The van der Waals surface area contributed by atoms with Crippen molar-refractivity contribution in [2.75, 3.05) is 13.7 Å². The summed E-state index contributed by atoms with van der Waals surface area (Å²) in [5.74, 6) is -0.801. The first-order chi connectivity index (χ1) is 10.0. The molecule has 1 aliphatic heterocycles. The summed E-state index contributed by atoms with van der Waals surface area (Å²) in [6.45, 7) is 2.21. The highest BCUT2D eigenvalue weighted by Crippen LogP contribution is 2.25. The second-order valence-corrected chi connectivity index (χ2v) is 5.20. The van der Waals surface area contributed by atoms with E-state index in [2.05, 4.69) is 10.5 Å². The van der Waals surface area contributed by atoms with E-state index in [1.807, 2.05) is 6.92 Å². The molecule has 1 aromatic rings. The number of amides is 1. The molecule has 21 heavy (non-hydrogen) atoms. The number of nitrogens with one attached hydrogen (secondary N) is 1. The Labute approximate surface area is 127 Å². The SMILES string of the molecule is COCC(C)NC(=O)C1CC(c2c(F)cccc2Cl)=NO1. The second-order valence-electron chi connectivity index (χ2n) is 4.80. The Morgan fingerprint density at radius 1 is 1.67 bits per heavy atom. The third-order valence-corrected chi connectivity index (χ3v) is 3.33. The lowest BCUT2D eigenvalue weighted by Gasteiger charge is -2.15. The quantitative estimate of drug-likeness (QED) is 0.905. The molecule has 2 atom stereocenters. The van der Waals surface area contributed by atoms with Crippen molar-refractivity contribution in [2.45, 2.75) is 25.5 Å². The van der Waals surface area contributed by atoms with Crippen LogP contribution in [0.2, 0.25) is 5.02 Å². The van der Waals surface area contributed by atoms with Gasteiger partial charge in [0.1, 0.15) is 5.82 Å². The Bertz CT molecular complexity index is 545. The van der Waals surface area contributed by atoms with Gasteiger partial charge in [-0.2, -0.15) is 0 Å². The number of halogens is 2. The first-order valence-corrected chi connectivity index (χ1v) is 6.87. The first-order valence-electron chi connectivity index (χ1n) is 6.49. The van der Waals surface area contributed by atoms with E-state index in [4.69, 9.17) is 21.2 Å². The molecule has 7 heteroatoms. The van der Waals surface area contributed by atoms with Crippen molar-refractivity contribution in [1.82, 2.24) is 5.32 Å². The maximum atomic E-state index is 13.8. The number of carbonyl (C=O) groups is 1. The minimum absolute atomic E-state index is 0.146. The molecule has 5 nitrogen and oxygen atoms in total. The van der Waals surface area contributed by atoms with Crippen LogP contribution in [0.1, 0.15) is 18.9 Å². The number of methoxy groups -OCH3 is 1. The fraction of sp³-hybridized carbons (Fsp3) is 0.429. The van der Waals surface area contributed by atoms with E-state index in [1.54, 1.807) is 13.2 Å². The Morgan fingerprint density at radius 2 is 2.43 bits per heavy atom. The van der Waals surface area contributed by atoms with Crippen LogP contribution in [0, 0.1) is 5.82 Å². The van der Waals surface area contributed by atoms with Gasteiger partial charge < -0.3 is 14.9 Å². The van der Waals surface area contributed by atoms with Crippen LogP contribution in [-0.4, -0.2) is 37.5 Å². The highest BCUT2D eigenvalue weighted by molar-refractivity contribution is 6.34. The summed E-state index contributed by atoms with van der Waals surface area (Å²) in [7, 11) is 1.55. The van der Waals surface area contributed by atoms with Crippen LogP contribution >= 0.6 is 11.6 Å². The monoisotopic (exact) mass is 314 g/mol. The summed E-state index contributed by atoms with van der Waals surface area (Å²) in [6, 6.07) is 4.22. The zero-order chi connectivity index (χ0) is 15.4. The molecule has 0 spiro atoms. The van der Waals surface area contributed by atoms with E-state index in [0.29, 0.717) is 12.3 Å². The van der Waals surface area contributed by atoms with Crippen molar-refractivity contribution in [3.05, 3.63) is 34.6 Å². The van der Waals surface area contributed by atoms with Crippen LogP contribution in [0.25, 0.3) is 0 Å². The molecule has 0 bridgehead atoms. The summed E-state index contributed by atoms with van der Waals surface area (Å²) in [5, 5.41) is 6.76. The van der Waals surface area contributed by atoms with E-state index in [9.17, 15) is 9.18 Å². The molecule has 1 amide bonds. The highest BCUT2D eigenvalue weighted by Gasteiger charge is 2.31. The maximum absolute atomic E-state index is 13.8. The number of rotatable bonds is 5. The molecule has 0 fully saturated rings. The Hall–Kier alpha value is -1.66. The highest BCUT2D eigenvalue weighted by atomic mass is 35.5. The Morgan fingerprint density at radius 3 is 3.10 bits per heavy atom. The van der Waals surface area contributed by atoms with Crippen LogP contribution in [0.4, 0.5) is 4.39 Å². The summed E-state index contributed by atoms with van der Waals surface area (Å²) in [5.41, 5.74) is 0.511. The molecular weight excluding hydrogens is 299 g/mol. The van der Waals surface area contributed by atoms with Gasteiger partial charge in [0.25, 0.3) is 5.91 Å². The smallest absolute Gasteiger partial charge is 0.264 e. The zero-order valence-electron chi connectivity index (χ0n) is 11.7. The Kier molecular flexibility index (Phi) is 5.14.